The maximum absolute atomic E-state index is 12.2. The number of benzene rings is 3. The van der Waals surface area contributed by atoms with Gasteiger partial charge in [0.1, 0.15) is 5.75 Å². The van der Waals surface area contributed by atoms with E-state index in [0.29, 0.717) is 5.75 Å². The van der Waals surface area contributed by atoms with Crippen molar-refractivity contribution in [2.45, 2.75) is 32.6 Å². The number of carbonyl (C=O) groups excluding carboxylic acids is 1. The van der Waals surface area contributed by atoms with E-state index in [1.54, 1.807) is 0 Å². The molecule has 144 valence electrons. The number of aryl methyl sites for hydroxylation is 1. The minimum Gasteiger partial charge on any atom is -0.484 e. The fourth-order valence-corrected chi connectivity index (χ4v) is 3.28. The average Bonchev–Trinajstić information content (AvgIpc) is 2.73. The summed E-state index contributed by atoms with van der Waals surface area (Å²) in [7, 11) is 0. The Morgan fingerprint density at radius 3 is 2.14 bits per heavy atom. The molecule has 0 aliphatic rings. The summed E-state index contributed by atoms with van der Waals surface area (Å²) in [6, 6.07) is 26.2. The Morgan fingerprint density at radius 2 is 1.46 bits per heavy atom. The molecule has 3 rings (SSSR count). The third kappa shape index (κ3) is 4.61. The monoisotopic (exact) mass is 373 g/mol. The van der Waals surface area contributed by atoms with Gasteiger partial charge in [-0.15, -0.1) is 0 Å². The van der Waals surface area contributed by atoms with Crippen molar-refractivity contribution in [1.29, 1.82) is 0 Å². The van der Waals surface area contributed by atoms with Crippen molar-refractivity contribution >= 4 is 11.6 Å². The van der Waals surface area contributed by atoms with Crippen LogP contribution in [-0.4, -0.2) is 12.5 Å². The maximum Gasteiger partial charge on any atom is 0.262 e. The van der Waals surface area contributed by atoms with E-state index in [1.165, 1.54) is 11.1 Å². The molecule has 3 aromatic rings. The van der Waals surface area contributed by atoms with Crippen LogP contribution in [0.2, 0.25) is 0 Å². The fourth-order valence-electron chi connectivity index (χ4n) is 3.28. The van der Waals surface area contributed by atoms with Gasteiger partial charge in [0.2, 0.25) is 0 Å². The molecule has 28 heavy (non-hydrogen) atoms. The Labute approximate surface area is 167 Å². The molecule has 0 fully saturated rings. The van der Waals surface area contributed by atoms with E-state index < -0.39 is 0 Å². The first-order chi connectivity index (χ1) is 13.5. The highest BCUT2D eigenvalue weighted by atomic mass is 16.5. The first-order valence-corrected chi connectivity index (χ1v) is 9.67. The van der Waals surface area contributed by atoms with Crippen LogP contribution < -0.4 is 10.1 Å². The molecule has 0 heterocycles. The van der Waals surface area contributed by atoms with Gasteiger partial charge in [0.25, 0.3) is 5.91 Å². The lowest BCUT2D eigenvalue weighted by atomic mass is 9.78. The Balaban J connectivity index is 1.61. The molecule has 0 saturated heterocycles. The van der Waals surface area contributed by atoms with Crippen molar-refractivity contribution in [3.63, 3.8) is 0 Å². The van der Waals surface area contributed by atoms with Gasteiger partial charge in [0, 0.05) is 11.1 Å². The predicted octanol–water partition coefficient (Wildman–Crippen LogP) is 5.59. The molecule has 0 aromatic heterocycles. The first kappa shape index (κ1) is 19.7. The zero-order chi connectivity index (χ0) is 20.0. The quantitative estimate of drug-likeness (QED) is 0.586. The van der Waals surface area contributed by atoms with E-state index in [-0.39, 0.29) is 17.9 Å². The van der Waals surface area contributed by atoms with Crippen LogP contribution >= 0.6 is 0 Å². The second-order valence-electron chi connectivity index (χ2n) is 7.36. The van der Waals surface area contributed by atoms with Gasteiger partial charge >= 0.3 is 0 Å². The number of anilines is 1. The lowest BCUT2D eigenvalue weighted by molar-refractivity contribution is -0.118. The Morgan fingerprint density at radius 1 is 0.857 bits per heavy atom. The molecule has 0 unspecified atom stereocenters. The highest BCUT2D eigenvalue weighted by Crippen LogP contribution is 2.32. The number of hydrogen-bond acceptors (Lipinski definition) is 2. The Kier molecular flexibility index (Phi) is 6.15. The van der Waals surface area contributed by atoms with Crippen LogP contribution in [0.25, 0.3) is 0 Å². The van der Waals surface area contributed by atoms with Crippen molar-refractivity contribution in [3.8, 4) is 5.75 Å². The van der Waals surface area contributed by atoms with Gasteiger partial charge in [-0.3, -0.25) is 4.79 Å². The summed E-state index contributed by atoms with van der Waals surface area (Å²) in [6.07, 6.45) is 0.871. The number of ether oxygens (including phenoxy) is 1. The zero-order valence-corrected chi connectivity index (χ0v) is 16.7. The second-order valence-corrected chi connectivity index (χ2v) is 7.36. The normalized spacial score (nSPS) is 11.1. The van der Waals surface area contributed by atoms with Crippen molar-refractivity contribution in [1.82, 2.24) is 0 Å². The molecule has 0 aliphatic carbocycles. The molecule has 1 N–H and O–H groups in total. The van der Waals surface area contributed by atoms with Crippen LogP contribution in [0.3, 0.4) is 0 Å². The van der Waals surface area contributed by atoms with Crippen molar-refractivity contribution in [2.24, 2.45) is 0 Å². The fraction of sp³-hybridized carbons (Fsp3) is 0.240. The zero-order valence-electron chi connectivity index (χ0n) is 16.7. The summed E-state index contributed by atoms with van der Waals surface area (Å²) < 4.78 is 5.67. The van der Waals surface area contributed by atoms with Crippen LogP contribution in [0.4, 0.5) is 5.69 Å². The first-order valence-electron chi connectivity index (χ1n) is 9.67. The predicted molar refractivity (Wildman–Crippen MR) is 115 cm³/mol. The average molecular weight is 373 g/mol. The van der Waals surface area contributed by atoms with Gasteiger partial charge in [-0.2, -0.15) is 0 Å². The molecule has 3 heteroatoms. The van der Waals surface area contributed by atoms with E-state index in [1.807, 2.05) is 42.5 Å². The summed E-state index contributed by atoms with van der Waals surface area (Å²) in [4.78, 5) is 12.2. The Hall–Kier alpha value is -3.07. The number of hydrogen-bond donors (Lipinski definition) is 1. The molecule has 0 spiro atoms. The largest absolute Gasteiger partial charge is 0.484 e. The molecular formula is C25H27NO2. The number of carbonyl (C=O) groups is 1. The van der Waals surface area contributed by atoms with E-state index in [2.05, 4.69) is 62.5 Å². The maximum atomic E-state index is 12.2. The molecule has 0 atom stereocenters. The number of rotatable bonds is 7. The third-order valence-electron chi connectivity index (χ3n) is 5.11. The van der Waals surface area contributed by atoms with E-state index >= 15 is 0 Å². The van der Waals surface area contributed by atoms with Crippen molar-refractivity contribution in [3.05, 3.63) is 95.6 Å². The minimum absolute atomic E-state index is 0.0144. The van der Waals surface area contributed by atoms with Gasteiger partial charge in [-0.25, -0.2) is 0 Å². The number of para-hydroxylation sites is 1. The van der Waals surface area contributed by atoms with Gasteiger partial charge < -0.3 is 10.1 Å². The standard InChI is InChI=1S/C25H27NO2/c1-4-19-10-8-9-13-23(19)26-24(27)18-28-22-16-14-21(15-17-22)25(2,3)20-11-6-5-7-12-20/h5-17H,4,18H2,1-3H3,(H,26,27). The van der Waals surface area contributed by atoms with E-state index in [9.17, 15) is 4.79 Å². The van der Waals surface area contributed by atoms with E-state index in [0.717, 1.165) is 17.7 Å². The Bertz CT molecular complexity index is 915. The van der Waals surface area contributed by atoms with Crippen LogP contribution in [0.1, 0.15) is 37.5 Å². The van der Waals surface area contributed by atoms with Crippen LogP contribution in [0, 0.1) is 0 Å². The van der Waals surface area contributed by atoms with Crippen molar-refractivity contribution < 1.29 is 9.53 Å². The van der Waals surface area contributed by atoms with Crippen LogP contribution in [0.15, 0.2) is 78.9 Å². The molecule has 0 saturated carbocycles. The van der Waals surface area contributed by atoms with Crippen LogP contribution in [-0.2, 0) is 16.6 Å². The molecule has 0 radical (unpaired) electrons. The molecule has 0 aliphatic heterocycles. The summed E-state index contributed by atoms with van der Waals surface area (Å²) in [5.74, 6) is 0.529. The molecular weight excluding hydrogens is 346 g/mol. The second kappa shape index (κ2) is 8.75. The van der Waals surface area contributed by atoms with Gasteiger partial charge in [0.05, 0.1) is 0 Å². The van der Waals surface area contributed by atoms with Gasteiger partial charge in [-0.1, -0.05) is 81.4 Å². The SMILES string of the molecule is CCc1ccccc1NC(=O)COc1ccc(C(C)(C)c2ccccc2)cc1. The molecule has 0 bridgehead atoms. The van der Waals surface area contributed by atoms with Crippen molar-refractivity contribution in [2.75, 3.05) is 11.9 Å². The lowest BCUT2D eigenvalue weighted by Gasteiger charge is -2.26. The molecule has 3 aromatic carbocycles. The number of amides is 1. The summed E-state index contributed by atoms with van der Waals surface area (Å²) >= 11 is 0. The lowest BCUT2D eigenvalue weighted by Crippen LogP contribution is -2.21. The summed E-state index contributed by atoms with van der Waals surface area (Å²) in [6.45, 7) is 6.47. The van der Waals surface area contributed by atoms with Gasteiger partial charge in [0.15, 0.2) is 6.61 Å². The summed E-state index contributed by atoms with van der Waals surface area (Å²) in [5.41, 5.74) is 4.33. The molecule has 3 nitrogen and oxygen atoms in total. The summed E-state index contributed by atoms with van der Waals surface area (Å²) in [5, 5.41) is 2.92. The smallest absolute Gasteiger partial charge is 0.262 e. The van der Waals surface area contributed by atoms with E-state index in [4.69, 9.17) is 4.74 Å². The minimum atomic E-state index is -0.158. The number of nitrogens with one attached hydrogen (secondary N) is 1. The highest BCUT2D eigenvalue weighted by Gasteiger charge is 2.22. The topological polar surface area (TPSA) is 38.3 Å². The third-order valence-corrected chi connectivity index (χ3v) is 5.11. The molecule has 1 amide bonds. The van der Waals surface area contributed by atoms with Gasteiger partial charge in [-0.05, 0) is 41.3 Å². The van der Waals surface area contributed by atoms with Crippen LogP contribution in [0.5, 0.6) is 5.75 Å². The highest BCUT2D eigenvalue weighted by molar-refractivity contribution is 5.92.